The van der Waals surface area contributed by atoms with Gasteiger partial charge < -0.3 is 0 Å². The van der Waals surface area contributed by atoms with Crippen LogP contribution in [0, 0.1) is 27.7 Å². The molecule has 1 heterocycles. The van der Waals surface area contributed by atoms with Crippen molar-refractivity contribution in [2.75, 3.05) is 0 Å². The van der Waals surface area contributed by atoms with E-state index in [-0.39, 0.29) is 5.12 Å². The molecule has 144 valence electrons. The zero-order valence-corrected chi connectivity index (χ0v) is 17.9. The lowest BCUT2D eigenvalue weighted by atomic mass is 9.96. The molecule has 3 aromatic carbocycles. The topological polar surface area (TPSA) is 30.0 Å². The van der Waals surface area contributed by atoms with Gasteiger partial charge in [0, 0.05) is 21.4 Å². The second-order valence-electron chi connectivity index (χ2n) is 7.51. The first-order valence-electron chi connectivity index (χ1n) is 9.70. The fourth-order valence-electron chi connectivity index (χ4n) is 3.72. The summed E-state index contributed by atoms with van der Waals surface area (Å²) in [6.07, 6.45) is 0. The number of carbonyl (C=O) groups is 1. The molecule has 4 aromatic rings. The third-order valence-corrected chi connectivity index (χ3v) is 6.05. The van der Waals surface area contributed by atoms with Crippen LogP contribution in [0.3, 0.4) is 0 Å². The zero-order valence-electron chi connectivity index (χ0n) is 17.1. The van der Waals surface area contributed by atoms with E-state index in [0.29, 0.717) is 0 Å². The molecule has 0 saturated carbocycles. The Kier molecular flexibility index (Phi) is 5.25. The van der Waals surface area contributed by atoms with E-state index in [1.165, 1.54) is 17.3 Å². The van der Waals surface area contributed by atoms with E-state index in [1.54, 1.807) is 0 Å². The first kappa shape index (κ1) is 19.4. The van der Waals surface area contributed by atoms with Crippen molar-refractivity contribution in [1.82, 2.24) is 4.98 Å². The first-order valence-corrected chi connectivity index (χ1v) is 10.5. The summed E-state index contributed by atoms with van der Waals surface area (Å²) in [6, 6.07) is 22.4. The van der Waals surface area contributed by atoms with Crippen LogP contribution >= 0.6 is 11.8 Å². The highest BCUT2D eigenvalue weighted by molar-refractivity contribution is 8.14. The van der Waals surface area contributed by atoms with E-state index in [1.807, 2.05) is 61.5 Å². The molecule has 0 amide bonds. The van der Waals surface area contributed by atoms with Crippen LogP contribution in [0.25, 0.3) is 22.2 Å². The molecule has 3 heteroatoms. The summed E-state index contributed by atoms with van der Waals surface area (Å²) in [4.78, 5) is 19.4. The van der Waals surface area contributed by atoms with Crippen LogP contribution in [0.2, 0.25) is 0 Å². The van der Waals surface area contributed by atoms with Crippen molar-refractivity contribution in [2.24, 2.45) is 0 Å². The highest BCUT2D eigenvalue weighted by Crippen LogP contribution is 2.35. The lowest BCUT2D eigenvalue weighted by Crippen LogP contribution is -2.04. The van der Waals surface area contributed by atoms with Gasteiger partial charge in [-0.25, -0.2) is 4.98 Å². The van der Waals surface area contributed by atoms with Gasteiger partial charge in [-0.05, 0) is 68.8 Å². The fraction of sp³-hybridized carbons (Fsp3) is 0.154. The third-order valence-electron chi connectivity index (χ3n) is 5.15. The molecule has 0 fully saturated rings. The average Bonchev–Trinajstić information content (AvgIpc) is 2.70. The van der Waals surface area contributed by atoms with Crippen LogP contribution in [0.15, 0.2) is 71.6 Å². The Morgan fingerprint density at radius 3 is 2.21 bits per heavy atom. The molecule has 0 saturated heterocycles. The van der Waals surface area contributed by atoms with Crippen LogP contribution in [0.5, 0.6) is 0 Å². The van der Waals surface area contributed by atoms with Gasteiger partial charge in [0.25, 0.3) is 0 Å². The Balaban J connectivity index is 1.94. The standard InChI is InChI=1S/C26H23NOS/c1-16-10-12-21(13-11-16)29-26(28)23-19(4)25(20-8-6-5-7-9-20)27-24-18(3)14-17(2)15-22(23)24/h5-15H,1-4H3. The van der Waals surface area contributed by atoms with E-state index in [2.05, 4.69) is 32.9 Å². The number of aryl methyl sites for hydroxylation is 3. The molecule has 0 radical (unpaired) electrons. The Morgan fingerprint density at radius 2 is 1.52 bits per heavy atom. The smallest absolute Gasteiger partial charge is 0.225 e. The maximum absolute atomic E-state index is 13.5. The van der Waals surface area contributed by atoms with Crippen LogP contribution in [-0.2, 0) is 0 Å². The SMILES string of the molecule is Cc1ccc(SC(=O)c2c(C)c(-c3ccccc3)nc3c(C)cc(C)cc23)cc1. The number of rotatable bonds is 3. The number of benzene rings is 3. The third kappa shape index (κ3) is 3.83. The highest BCUT2D eigenvalue weighted by Gasteiger charge is 2.21. The molecule has 0 aliphatic carbocycles. The molecule has 1 aromatic heterocycles. The van der Waals surface area contributed by atoms with Crippen LogP contribution in [-0.4, -0.2) is 10.1 Å². The Bertz CT molecular complexity index is 1210. The van der Waals surface area contributed by atoms with Crippen molar-refractivity contribution in [3.8, 4) is 11.3 Å². The van der Waals surface area contributed by atoms with Crippen molar-refractivity contribution in [1.29, 1.82) is 0 Å². The highest BCUT2D eigenvalue weighted by atomic mass is 32.2. The quantitative estimate of drug-likeness (QED) is 0.346. The molecule has 0 bridgehead atoms. The largest absolute Gasteiger partial charge is 0.281 e. The van der Waals surface area contributed by atoms with Gasteiger partial charge >= 0.3 is 0 Å². The number of nitrogens with zero attached hydrogens (tertiary/aromatic N) is 1. The summed E-state index contributed by atoms with van der Waals surface area (Å²) in [7, 11) is 0. The van der Waals surface area contributed by atoms with Gasteiger partial charge in [0.15, 0.2) is 0 Å². The number of pyridine rings is 1. The number of carbonyl (C=O) groups excluding carboxylic acids is 1. The maximum Gasteiger partial charge on any atom is 0.225 e. The van der Waals surface area contributed by atoms with Gasteiger partial charge in [-0.1, -0.05) is 59.7 Å². The summed E-state index contributed by atoms with van der Waals surface area (Å²) in [5.74, 6) is 0. The zero-order chi connectivity index (χ0) is 20.5. The van der Waals surface area contributed by atoms with Crippen molar-refractivity contribution in [3.63, 3.8) is 0 Å². The number of fused-ring (bicyclic) bond motifs is 1. The van der Waals surface area contributed by atoms with Crippen molar-refractivity contribution >= 4 is 27.8 Å². The van der Waals surface area contributed by atoms with Crippen molar-refractivity contribution < 1.29 is 4.79 Å². The number of hydrogen-bond acceptors (Lipinski definition) is 3. The van der Waals surface area contributed by atoms with Crippen LogP contribution in [0.1, 0.15) is 32.6 Å². The van der Waals surface area contributed by atoms with Gasteiger partial charge in [0.05, 0.1) is 11.2 Å². The molecule has 0 unspecified atom stereocenters. The van der Waals surface area contributed by atoms with E-state index < -0.39 is 0 Å². The molecule has 2 nitrogen and oxygen atoms in total. The summed E-state index contributed by atoms with van der Waals surface area (Å²) >= 11 is 1.28. The monoisotopic (exact) mass is 397 g/mol. The summed E-state index contributed by atoms with van der Waals surface area (Å²) in [5.41, 5.74) is 7.89. The molecule has 29 heavy (non-hydrogen) atoms. The van der Waals surface area contributed by atoms with E-state index in [4.69, 9.17) is 4.98 Å². The fourth-order valence-corrected chi connectivity index (χ4v) is 4.57. The number of hydrogen-bond donors (Lipinski definition) is 0. The minimum absolute atomic E-state index is 0.0564. The van der Waals surface area contributed by atoms with Crippen LogP contribution < -0.4 is 0 Å². The van der Waals surface area contributed by atoms with Gasteiger partial charge in [-0.2, -0.15) is 0 Å². The lowest BCUT2D eigenvalue weighted by molar-refractivity contribution is 0.109. The summed E-state index contributed by atoms with van der Waals surface area (Å²) in [6.45, 7) is 8.19. The minimum Gasteiger partial charge on any atom is -0.281 e. The molecule has 0 N–H and O–H groups in total. The van der Waals surface area contributed by atoms with Gasteiger partial charge in [0.2, 0.25) is 5.12 Å². The van der Waals surface area contributed by atoms with E-state index >= 15 is 0 Å². The van der Waals surface area contributed by atoms with Crippen molar-refractivity contribution in [2.45, 2.75) is 32.6 Å². The Labute approximate surface area is 176 Å². The van der Waals surface area contributed by atoms with Gasteiger partial charge in [-0.3, -0.25) is 4.79 Å². The minimum atomic E-state index is 0.0564. The first-order chi connectivity index (χ1) is 13.9. The second-order valence-corrected chi connectivity index (χ2v) is 8.55. The molecular weight excluding hydrogens is 374 g/mol. The molecule has 0 spiro atoms. The summed E-state index contributed by atoms with van der Waals surface area (Å²) in [5, 5.41) is 0.991. The lowest BCUT2D eigenvalue weighted by Gasteiger charge is -2.16. The summed E-state index contributed by atoms with van der Waals surface area (Å²) < 4.78 is 0. The Hall–Kier alpha value is -2.91. The van der Waals surface area contributed by atoms with Gasteiger partial charge in [0.1, 0.15) is 0 Å². The Morgan fingerprint density at radius 1 is 0.828 bits per heavy atom. The predicted octanol–water partition coefficient (Wildman–Crippen LogP) is 7.07. The molecule has 4 rings (SSSR count). The van der Waals surface area contributed by atoms with Crippen molar-refractivity contribution in [3.05, 3.63) is 94.5 Å². The average molecular weight is 398 g/mol. The normalized spacial score (nSPS) is 11.0. The maximum atomic E-state index is 13.5. The van der Waals surface area contributed by atoms with E-state index in [0.717, 1.165) is 49.3 Å². The van der Waals surface area contributed by atoms with Gasteiger partial charge in [-0.15, -0.1) is 0 Å². The van der Waals surface area contributed by atoms with Crippen LogP contribution in [0.4, 0.5) is 0 Å². The second kappa shape index (κ2) is 7.84. The number of aromatic nitrogens is 1. The molecule has 0 atom stereocenters. The molecule has 0 aliphatic rings. The molecule has 0 aliphatic heterocycles. The number of thioether (sulfide) groups is 1. The predicted molar refractivity (Wildman–Crippen MR) is 123 cm³/mol. The molecular formula is C26H23NOS. The van der Waals surface area contributed by atoms with E-state index in [9.17, 15) is 4.79 Å².